The zero-order valence-electron chi connectivity index (χ0n) is 11.2. The van der Waals surface area contributed by atoms with Crippen LogP contribution in [0, 0.1) is 0 Å². The molecule has 6 heteroatoms. The summed E-state index contributed by atoms with van der Waals surface area (Å²) in [6.45, 7) is 6.22. The van der Waals surface area contributed by atoms with E-state index in [-0.39, 0.29) is 10.9 Å². The normalized spacial score (nSPS) is 14.1. The molecule has 5 nitrogen and oxygen atoms in total. The average Bonchev–Trinajstić information content (AvgIpc) is 2.36. The SMILES string of the molecule is CCN(C)c1ncnc(Cl)c1C(=O)C(C)(N)CC. The van der Waals surface area contributed by atoms with Crippen molar-refractivity contribution in [2.75, 3.05) is 18.5 Å². The number of nitrogens with two attached hydrogens (primary N) is 1. The summed E-state index contributed by atoms with van der Waals surface area (Å²) in [4.78, 5) is 22.3. The number of Topliss-reactive ketones (excluding diaryl/α,β-unsaturated/α-hetero) is 1. The molecule has 0 aromatic carbocycles. The van der Waals surface area contributed by atoms with Gasteiger partial charge in [0.1, 0.15) is 17.3 Å². The predicted octanol–water partition coefficient (Wildman–Crippen LogP) is 1.90. The molecule has 100 valence electrons. The smallest absolute Gasteiger partial charge is 0.189 e. The number of nitrogens with zero attached hydrogens (tertiary/aromatic N) is 3. The van der Waals surface area contributed by atoms with Crippen LogP contribution in [0.1, 0.15) is 37.6 Å². The molecule has 0 saturated heterocycles. The molecule has 0 fully saturated rings. The summed E-state index contributed by atoms with van der Waals surface area (Å²) >= 11 is 6.03. The predicted molar refractivity (Wildman–Crippen MR) is 73.2 cm³/mol. The van der Waals surface area contributed by atoms with Crippen LogP contribution in [-0.4, -0.2) is 34.9 Å². The van der Waals surface area contributed by atoms with Crippen molar-refractivity contribution in [2.45, 2.75) is 32.7 Å². The van der Waals surface area contributed by atoms with Gasteiger partial charge in [0.25, 0.3) is 0 Å². The zero-order chi connectivity index (χ0) is 13.9. The third-order valence-electron chi connectivity index (χ3n) is 3.10. The van der Waals surface area contributed by atoms with E-state index in [1.165, 1.54) is 6.33 Å². The quantitative estimate of drug-likeness (QED) is 0.653. The van der Waals surface area contributed by atoms with Crippen molar-refractivity contribution < 1.29 is 4.79 Å². The van der Waals surface area contributed by atoms with Gasteiger partial charge < -0.3 is 10.6 Å². The van der Waals surface area contributed by atoms with E-state index in [2.05, 4.69) is 9.97 Å². The largest absolute Gasteiger partial charge is 0.359 e. The first-order valence-electron chi connectivity index (χ1n) is 5.90. The third kappa shape index (κ3) is 2.79. The molecule has 0 aliphatic rings. The van der Waals surface area contributed by atoms with Crippen LogP contribution in [0.4, 0.5) is 5.82 Å². The maximum absolute atomic E-state index is 12.4. The van der Waals surface area contributed by atoms with Crippen molar-refractivity contribution in [1.82, 2.24) is 9.97 Å². The Morgan fingerprint density at radius 3 is 2.61 bits per heavy atom. The molecule has 1 atom stereocenters. The van der Waals surface area contributed by atoms with E-state index in [4.69, 9.17) is 17.3 Å². The number of anilines is 1. The molecule has 0 saturated carbocycles. The number of carbonyl (C=O) groups is 1. The van der Waals surface area contributed by atoms with Crippen LogP contribution < -0.4 is 10.6 Å². The van der Waals surface area contributed by atoms with Gasteiger partial charge >= 0.3 is 0 Å². The van der Waals surface area contributed by atoms with Crippen molar-refractivity contribution in [3.05, 3.63) is 17.0 Å². The fourth-order valence-electron chi connectivity index (χ4n) is 1.44. The lowest BCUT2D eigenvalue weighted by Crippen LogP contribution is -2.45. The highest BCUT2D eigenvalue weighted by Crippen LogP contribution is 2.27. The second kappa shape index (κ2) is 5.63. The Morgan fingerprint density at radius 1 is 1.50 bits per heavy atom. The first-order chi connectivity index (χ1) is 8.35. The van der Waals surface area contributed by atoms with Crippen molar-refractivity contribution in [2.24, 2.45) is 5.73 Å². The second-order valence-corrected chi connectivity index (χ2v) is 4.84. The van der Waals surface area contributed by atoms with Gasteiger partial charge in [-0.05, 0) is 20.3 Å². The van der Waals surface area contributed by atoms with Gasteiger partial charge in [-0.15, -0.1) is 0 Å². The van der Waals surface area contributed by atoms with Crippen molar-refractivity contribution in [3.8, 4) is 0 Å². The monoisotopic (exact) mass is 270 g/mol. The van der Waals surface area contributed by atoms with Gasteiger partial charge in [-0.25, -0.2) is 9.97 Å². The van der Waals surface area contributed by atoms with E-state index in [0.29, 0.717) is 24.3 Å². The van der Waals surface area contributed by atoms with Crippen LogP contribution in [-0.2, 0) is 0 Å². The van der Waals surface area contributed by atoms with E-state index >= 15 is 0 Å². The molecular weight excluding hydrogens is 252 g/mol. The Kier molecular flexibility index (Phi) is 4.65. The number of carbonyl (C=O) groups excluding carboxylic acids is 1. The Hall–Kier alpha value is -1.20. The molecule has 0 aliphatic heterocycles. The Labute approximate surface area is 112 Å². The summed E-state index contributed by atoms with van der Waals surface area (Å²) < 4.78 is 0. The van der Waals surface area contributed by atoms with Crippen LogP contribution in [0.15, 0.2) is 6.33 Å². The maximum Gasteiger partial charge on any atom is 0.189 e. The van der Waals surface area contributed by atoms with Crippen LogP contribution >= 0.6 is 11.6 Å². The van der Waals surface area contributed by atoms with Crippen LogP contribution in [0.25, 0.3) is 0 Å². The summed E-state index contributed by atoms with van der Waals surface area (Å²) in [5.74, 6) is 0.290. The van der Waals surface area contributed by atoms with Crippen LogP contribution in [0.5, 0.6) is 0 Å². The van der Waals surface area contributed by atoms with Gasteiger partial charge in [0.05, 0.1) is 11.1 Å². The lowest BCUT2D eigenvalue weighted by Gasteiger charge is -2.25. The van der Waals surface area contributed by atoms with E-state index in [0.717, 1.165) is 0 Å². The van der Waals surface area contributed by atoms with Crippen molar-refractivity contribution in [3.63, 3.8) is 0 Å². The van der Waals surface area contributed by atoms with Gasteiger partial charge in [-0.1, -0.05) is 18.5 Å². The highest BCUT2D eigenvalue weighted by Gasteiger charge is 2.32. The fourth-order valence-corrected chi connectivity index (χ4v) is 1.65. The van der Waals surface area contributed by atoms with E-state index in [9.17, 15) is 4.79 Å². The third-order valence-corrected chi connectivity index (χ3v) is 3.38. The van der Waals surface area contributed by atoms with E-state index in [1.807, 2.05) is 25.8 Å². The lowest BCUT2D eigenvalue weighted by atomic mass is 9.90. The molecule has 2 N–H and O–H groups in total. The summed E-state index contributed by atoms with van der Waals surface area (Å²) in [6, 6.07) is 0. The molecule has 1 aromatic heterocycles. The molecule has 1 heterocycles. The highest BCUT2D eigenvalue weighted by molar-refractivity contribution is 6.34. The molecule has 0 aliphatic carbocycles. The Balaban J connectivity index is 3.35. The Bertz CT molecular complexity index is 448. The standard InChI is InChI=1S/C12H19ClN4O/c1-5-12(3,14)9(18)8-10(13)15-7-16-11(8)17(4)6-2/h7H,5-6,14H2,1-4H3. The van der Waals surface area contributed by atoms with Gasteiger partial charge in [-0.3, -0.25) is 4.79 Å². The van der Waals surface area contributed by atoms with Gasteiger partial charge in [0.2, 0.25) is 0 Å². The molecule has 1 rings (SSSR count). The highest BCUT2D eigenvalue weighted by atomic mass is 35.5. The van der Waals surface area contributed by atoms with E-state index in [1.54, 1.807) is 6.92 Å². The van der Waals surface area contributed by atoms with Gasteiger partial charge in [-0.2, -0.15) is 0 Å². The Morgan fingerprint density at radius 2 is 2.11 bits per heavy atom. The average molecular weight is 271 g/mol. The minimum atomic E-state index is -0.961. The lowest BCUT2D eigenvalue weighted by molar-refractivity contribution is 0.0898. The molecule has 0 spiro atoms. The molecule has 1 unspecified atom stereocenters. The zero-order valence-corrected chi connectivity index (χ0v) is 12.0. The summed E-state index contributed by atoms with van der Waals surface area (Å²) in [6.07, 6.45) is 1.87. The molecule has 0 radical (unpaired) electrons. The number of hydrogen-bond donors (Lipinski definition) is 1. The minimum absolute atomic E-state index is 0.149. The molecule has 18 heavy (non-hydrogen) atoms. The van der Waals surface area contributed by atoms with E-state index < -0.39 is 5.54 Å². The molecular formula is C12H19ClN4O. The summed E-state index contributed by atoms with van der Waals surface area (Å²) in [7, 11) is 1.84. The molecule has 1 aromatic rings. The van der Waals surface area contributed by atoms with Crippen molar-refractivity contribution >= 4 is 23.2 Å². The first-order valence-corrected chi connectivity index (χ1v) is 6.28. The minimum Gasteiger partial charge on any atom is -0.359 e. The topological polar surface area (TPSA) is 72.1 Å². The maximum atomic E-state index is 12.4. The number of ketones is 1. The van der Waals surface area contributed by atoms with Gasteiger partial charge in [0.15, 0.2) is 5.78 Å². The number of aromatic nitrogens is 2. The van der Waals surface area contributed by atoms with Crippen LogP contribution in [0.3, 0.4) is 0 Å². The fraction of sp³-hybridized carbons (Fsp3) is 0.583. The number of hydrogen-bond acceptors (Lipinski definition) is 5. The number of rotatable bonds is 5. The molecule has 0 amide bonds. The molecule has 0 bridgehead atoms. The number of halogens is 1. The first kappa shape index (κ1) is 14.9. The second-order valence-electron chi connectivity index (χ2n) is 4.48. The van der Waals surface area contributed by atoms with Crippen LogP contribution in [0.2, 0.25) is 5.15 Å². The van der Waals surface area contributed by atoms with Gasteiger partial charge in [0, 0.05) is 13.6 Å². The summed E-state index contributed by atoms with van der Waals surface area (Å²) in [5, 5.41) is 0.149. The summed E-state index contributed by atoms with van der Waals surface area (Å²) in [5.41, 5.74) is 5.33. The van der Waals surface area contributed by atoms with Crippen molar-refractivity contribution in [1.29, 1.82) is 0 Å².